The first-order valence-electron chi connectivity index (χ1n) is 11.4. The number of benzene rings is 2. The van der Waals surface area contributed by atoms with E-state index in [0.717, 1.165) is 15.7 Å². The molecule has 0 bridgehead atoms. The number of rotatable bonds is 5. The van der Waals surface area contributed by atoms with Gasteiger partial charge in [-0.3, -0.25) is 4.79 Å². The van der Waals surface area contributed by atoms with Crippen molar-refractivity contribution in [3.05, 3.63) is 42.5 Å². The molecule has 3 atom stereocenters. The molecule has 0 saturated carbocycles. The molecule has 34 heavy (non-hydrogen) atoms. The number of hydrogen-bond acceptors (Lipinski definition) is 5. The van der Waals surface area contributed by atoms with E-state index < -0.39 is 41.1 Å². The lowest BCUT2D eigenvalue weighted by molar-refractivity contribution is -0.150. The Hall–Kier alpha value is -2.74. The molecule has 0 radical (unpaired) electrons. The summed E-state index contributed by atoms with van der Waals surface area (Å²) in [5.41, 5.74) is -1.35. The van der Waals surface area contributed by atoms with Crippen molar-refractivity contribution in [2.45, 2.75) is 75.8 Å². The maximum Gasteiger partial charge on any atom is 0.408 e. The molecule has 1 aliphatic heterocycles. The lowest BCUT2D eigenvalue weighted by Crippen LogP contribution is -2.57. The molecule has 3 unspecified atom stereocenters. The second-order valence-electron chi connectivity index (χ2n) is 10.8. The standard InChI is InChI=1S/C26H34N2O5S/c1-25(2,3)21(27-24(32)33-26(4,5)6)22(29)28-15-19(14-20(28)23(30)31)34-18-12-11-16-9-7-8-10-17(16)13-18/h7-13,19-21H,14-15H2,1-6H3,(H,27,32)(H,30,31). The van der Waals surface area contributed by atoms with Gasteiger partial charge in [-0.05, 0) is 55.5 Å². The van der Waals surface area contributed by atoms with Gasteiger partial charge >= 0.3 is 12.1 Å². The van der Waals surface area contributed by atoms with Gasteiger partial charge < -0.3 is 20.1 Å². The van der Waals surface area contributed by atoms with Gasteiger partial charge in [0.15, 0.2) is 0 Å². The highest BCUT2D eigenvalue weighted by Gasteiger charge is 2.45. The van der Waals surface area contributed by atoms with Crippen LogP contribution in [0.4, 0.5) is 4.79 Å². The molecule has 7 nitrogen and oxygen atoms in total. The van der Waals surface area contributed by atoms with Gasteiger partial charge in [0.2, 0.25) is 5.91 Å². The predicted octanol–water partition coefficient (Wildman–Crippen LogP) is 4.93. The van der Waals surface area contributed by atoms with E-state index in [-0.39, 0.29) is 11.8 Å². The summed E-state index contributed by atoms with van der Waals surface area (Å²) < 4.78 is 5.34. The highest BCUT2D eigenvalue weighted by Crippen LogP contribution is 2.36. The van der Waals surface area contributed by atoms with E-state index in [9.17, 15) is 19.5 Å². The first kappa shape index (κ1) is 25.9. The molecule has 1 saturated heterocycles. The molecule has 1 fully saturated rings. The molecule has 2 aromatic rings. The number of hydrogen-bond donors (Lipinski definition) is 2. The summed E-state index contributed by atoms with van der Waals surface area (Å²) in [6.45, 7) is 11.0. The largest absolute Gasteiger partial charge is 0.480 e. The molecule has 2 N–H and O–H groups in total. The highest BCUT2D eigenvalue weighted by atomic mass is 32.2. The third kappa shape index (κ3) is 6.44. The number of ether oxygens (including phenoxy) is 1. The van der Waals surface area contributed by atoms with E-state index in [4.69, 9.17) is 4.74 Å². The molecule has 0 spiro atoms. The van der Waals surface area contributed by atoms with Gasteiger partial charge in [0.1, 0.15) is 17.7 Å². The molecule has 1 heterocycles. The summed E-state index contributed by atoms with van der Waals surface area (Å²) in [6.07, 6.45) is -0.365. The van der Waals surface area contributed by atoms with Crippen LogP contribution in [0.5, 0.6) is 0 Å². The quantitative estimate of drug-likeness (QED) is 0.622. The van der Waals surface area contributed by atoms with Gasteiger partial charge in [0, 0.05) is 16.7 Å². The molecule has 0 aliphatic carbocycles. The summed E-state index contributed by atoms with van der Waals surface area (Å²) in [4.78, 5) is 40.5. The molecule has 2 amide bonds. The molecular formula is C26H34N2O5S. The Kier molecular flexibility index (Phi) is 7.50. The van der Waals surface area contributed by atoms with Crippen molar-refractivity contribution < 1.29 is 24.2 Å². The summed E-state index contributed by atoms with van der Waals surface area (Å²) in [5, 5.41) is 14.7. The zero-order valence-corrected chi connectivity index (χ0v) is 21.4. The van der Waals surface area contributed by atoms with Gasteiger partial charge in [0.25, 0.3) is 0 Å². The number of nitrogens with one attached hydrogen (secondary N) is 1. The van der Waals surface area contributed by atoms with Crippen LogP contribution < -0.4 is 5.32 Å². The molecule has 1 aliphatic rings. The molecular weight excluding hydrogens is 452 g/mol. The number of carbonyl (C=O) groups is 3. The summed E-state index contributed by atoms with van der Waals surface area (Å²) >= 11 is 1.58. The number of aliphatic carboxylic acids is 1. The van der Waals surface area contributed by atoms with Gasteiger partial charge in [-0.15, -0.1) is 11.8 Å². The first-order chi connectivity index (χ1) is 15.7. The number of alkyl carbamates (subject to hydrolysis) is 1. The van der Waals surface area contributed by atoms with E-state index >= 15 is 0 Å². The van der Waals surface area contributed by atoms with E-state index in [1.807, 2.05) is 57.2 Å². The van der Waals surface area contributed by atoms with Crippen LogP contribution in [0.3, 0.4) is 0 Å². The van der Waals surface area contributed by atoms with Crippen LogP contribution in [0.2, 0.25) is 0 Å². The van der Waals surface area contributed by atoms with Crippen molar-refractivity contribution in [3.8, 4) is 0 Å². The number of thioether (sulfide) groups is 1. The second-order valence-corrected chi connectivity index (χ2v) is 12.1. The van der Waals surface area contributed by atoms with Gasteiger partial charge in [0.05, 0.1) is 0 Å². The zero-order chi connectivity index (χ0) is 25.3. The minimum atomic E-state index is -1.04. The maximum absolute atomic E-state index is 13.6. The van der Waals surface area contributed by atoms with Gasteiger partial charge in [-0.25, -0.2) is 9.59 Å². The molecule has 8 heteroatoms. The molecule has 2 aromatic carbocycles. The van der Waals surface area contributed by atoms with Crippen molar-refractivity contribution in [3.63, 3.8) is 0 Å². The topological polar surface area (TPSA) is 95.9 Å². The van der Waals surface area contributed by atoms with Crippen molar-refractivity contribution in [1.29, 1.82) is 0 Å². The Morgan fingerprint density at radius 3 is 2.29 bits per heavy atom. The SMILES string of the molecule is CC(C)(C)OC(=O)NC(C(=O)N1CC(Sc2ccc3ccccc3c2)CC1C(=O)O)C(C)(C)C. The van der Waals surface area contributed by atoms with E-state index in [0.29, 0.717) is 6.42 Å². The van der Waals surface area contributed by atoms with Gasteiger partial charge in [-0.2, -0.15) is 0 Å². The molecule has 184 valence electrons. The fraction of sp³-hybridized carbons (Fsp3) is 0.500. The lowest BCUT2D eigenvalue weighted by Gasteiger charge is -2.35. The number of likely N-dealkylation sites (tertiary alicyclic amines) is 1. The normalized spacial score (nSPS) is 19.6. The van der Waals surface area contributed by atoms with E-state index in [1.54, 1.807) is 32.5 Å². The summed E-state index contributed by atoms with van der Waals surface area (Å²) in [6, 6.07) is 12.3. The Balaban J connectivity index is 1.78. The van der Waals surface area contributed by atoms with Crippen molar-refractivity contribution in [1.82, 2.24) is 10.2 Å². The minimum absolute atomic E-state index is 0.0756. The smallest absolute Gasteiger partial charge is 0.408 e. The number of amides is 2. The Labute approximate surface area is 205 Å². The third-order valence-corrected chi connectivity index (χ3v) is 6.83. The van der Waals surface area contributed by atoms with Crippen LogP contribution in [0.1, 0.15) is 48.0 Å². The second kappa shape index (κ2) is 9.86. The third-order valence-electron chi connectivity index (χ3n) is 5.63. The zero-order valence-electron chi connectivity index (χ0n) is 20.6. The molecule has 0 aromatic heterocycles. The first-order valence-corrected chi connectivity index (χ1v) is 12.3. The van der Waals surface area contributed by atoms with Crippen molar-refractivity contribution in [2.24, 2.45) is 5.41 Å². The average Bonchev–Trinajstić information content (AvgIpc) is 3.13. The van der Waals surface area contributed by atoms with E-state index in [2.05, 4.69) is 11.4 Å². The molecule has 3 rings (SSSR count). The predicted molar refractivity (Wildman–Crippen MR) is 134 cm³/mol. The number of nitrogens with zero attached hydrogens (tertiary/aromatic N) is 1. The minimum Gasteiger partial charge on any atom is -0.480 e. The van der Waals surface area contributed by atoms with Crippen LogP contribution in [0.25, 0.3) is 10.8 Å². The average molecular weight is 487 g/mol. The van der Waals surface area contributed by atoms with Crippen LogP contribution in [0, 0.1) is 5.41 Å². The van der Waals surface area contributed by atoms with Crippen LogP contribution in [0.15, 0.2) is 47.4 Å². The Morgan fingerprint density at radius 2 is 1.71 bits per heavy atom. The number of carboxylic acid groups (broad SMARTS) is 1. The summed E-state index contributed by atoms with van der Waals surface area (Å²) in [7, 11) is 0. The van der Waals surface area contributed by atoms with E-state index in [1.165, 1.54) is 4.90 Å². The summed E-state index contributed by atoms with van der Waals surface area (Å²) in [5.74, 6) is -1.45. The highest BCUT2D eigenvalue weighted by molar-refractivity contribution is 8.00. The lowest BCUT2D eigenvalue weighted by atomic mass is 9.85. The number of fused-ring (bicyclic) bond motifs is 1. The monoisotopic (exact) mass is 486 g/mol. The fourth-order valence-corrected chi connectivity index (χ4v) is 5.27. The van der Waals surface area contributed by atoms with Crippen LogP contribution >= 0.6 is 11.8 Å². The van der Waals surface area contributed by atoms with Crippen molar-refractivity contribution >= 4 is 40.5 Å². The number of carboxylic acids is 1. The van der Waals surface area contributed by atoms with Crippen LogP contribution in [-0.2, 0) is 14.3 Å². The Morgan fingerprint density at radius 1 is 1.06 bits per heavy atom. The fourth-order valence-electron chi connectivity index (χ4n) is 4.03. The van der Waals surface area contributed by atoms with Crippen LogP contribution in [-0.4, -0.2) is 57.5 Å². The maximum atomic E-state index is 13.6. The number of carbonyl (C=O) groups excluding carboxylic acids is 2. The van der Waals surface area contributed by atoms with Gasteiger partial charge in [-0.1, -0.05) is 51.1 Å². The van der Waals surface area contributed by atoms with Crippen molar-refractivity contribution in [2.75, 3.05) is 6.54 Å². The Bertz CT molecular complexity index is 1070.